The number of hydrogen-bond donors (Lipinski definition) is 0. The van der Waals surface area contributed by atoms with Gasteiger partial charge in [0.05, 0.1) is 11.1 Å². The Hall–Kier alpha value is -3.80. The SMILES string of the molecule is FC(F)(F)c1ccc(C(=C2c3ccccc3-c3ccccc32)c2ccc(C(F)(F)F)cc2)cc1. The molecule has 5 rings (SSSR count). The molecule has 0 spiro atoms. The van der Waals surface area contributed by atoms with Crippen LogP contribution in [0.4, 0.5) is 26.3 Å². The molecule has 0 fully saturated rings. The number of halogens is 6. The molecule has 0 bridgehead atoms. The molecule has 1 aliphatic rings. The van der Waals surface area contributed by atoms with Crippen molar-refractivity contribution in [2.24, 2.45) is 0 Å². The smallest absolute Gasteiger partial charge is 0.166 e. The molecule has 0 unspecified atom stereocenters. The van der Waals surface area contributed by atoms with Crippen molar-refractivity contribution in [3.05, 3.63) is 130 Å². The van der Waals surface area contributed by atoms with Gasteiger partial charge in [-0.05, 0) is 68.8 Å². The van der Waals surface area contributed by atoms with E-state index in [1.165, 1.54) is 24.3 Å². The fourth-order valence-electron chi connectivity index (χ4n) is 4.39. The maximum Gasteiger partial charge on any atom is 0.416 e. The summed E-state index contributed by atoms with van der Waals surface area (Å²) in [5.74, 6) is 0. The van der Waals surface area contributed by atoms with E-state index in [9.17, 15) is 26.3 Å². The van der Waals surface area contributed by atoms with Gasteiger partial charge in [-0.15, -0.1) is 0 Å². The van der Waals surface area contributed by atoms with E-state index in [4.69, 9.17) is 0 Å². The maximum absolute atomic E-state index is 13.2. The van der Waals surface area contributed by atoms with Crippen molar-refractivity contribution in [2.75, 3.05) is 0 Å². The highest BCUT2D eigenvalue weighted by atomic mass is 19.4. The number of fused-ring (bicyclic) bond motifs is 3. The fourth-order valence-corrected chi connectivity index (χ4v) is 4.39. The molecule has 0 saturated carbocycles. The van der Waals surface area contributed by atoms with Crippen molar-refractivity contribution in [3.8, 4) is 11.1 Å². The minimum atomic E-state index is -4.49. The molecule has 6 heteroatoms. The Kier molecular flexibility index (Phi) is 5.12. The summed E-state index contributed by atoms with van der Waals surface area (Å²) in [7, 11) is 0. The average molecular weight is 466 g/mol. The molecule has 0 atom stereocenters. The van der Waals surface area contributed by atoms with Crippen LogP contribution in [0, 0.1) is 0 Å². The average Bonchev–Trinajstić information content (AvgIpc) is 3.14. The van der Waals surface area contributed by atoms with Gasteiger partial charge >= 0.3 is 12.4 Å². The highest BCUT2D eigenvalue weighted by molar-refractivity contribution is 6.13. The van der Waals surface area contributed by atoms with Crippen LogP contribution in [-0.2, 0) is 12.4 Å². The van der Waals surface area contributed by atoms with Gasteiger partial charge in [-0.3, -0.25) is 0 Å². The molecule has 0 nitrogen and oxygen atoms in total. The minimum Gasteiger partial charge on any atom is -0.166 e. The van der Waals surface area contributed by atoms with Crippen LogP contribution >= 0.6 is 0 Å². The first kappa shape index (κ1) is 22.0. The highest BCUT2D eigenvalue weighted by Crippen LogP contribution is 2.49. The lowest BCUT2D eigenvalue weighted by molar-refractivity contribution is -0.138. The predicted octanol–water partition coefficient (Wildman–Crippen LogP) is 8.71. The largest absolute Gasteiger partial charge is 0.416 e. The van der Waals surface area contributed by atoms with Crippen LogP contribution in [0.15, 0.2) is 97.1 Å². The molecule has 1 aliphatic carbocycles. The standard InChI is InChI=1S/C28H16F6/c29-27(30,31)19-13-9-17(10-14-19)25(18-11-15-20(16-12-18)28(32,33)34)26-23-7-3-1-5-21(23)22-6-2-4-8-24(22)26/h1-16H. The van der Waals surface area contributed by atoms with Gasteiger partial charge in [0.1, 0.15) is 0 Å². The van der Waals surface area contributed by atoms with Gasteiger partial charge in [-0.2, -0.15) is 26.3 Å². The minimum absolute atomic E-state index is 0.481. The molecular weight excluding hydrogens is 450 g/mol. The quantitative estimate of drug-likeness (QED) is 0.228. The Morgan fingerprint density at radius 3 is 1.06 bits per heavy atom. The molecule has 4 aromatic rings. The van der Waals surface area contributed by atoms with Gasteiger partial charge in [-0.1, -0.05) is 72.8 Å². The van der Waals surface area contributed by atoms with Crippen molar-refractivity contribution >= 4 is 11.1 Å². The Labute approximate surface area is 191 Å². The van der Waals surface area contributed by atoms with Gasteiger partial charge < -0.3 is 0 Å². The molecule has 0 aliphatic heterocycles. The van der Waals surface area contributed by atoms with Gasteiger partial charge in [-0.25, -0.2) is 0 Å². The predicted molar refractivity (Wildman–Crippen MR) is 120 cm³/mol. The van der Waals surface area contributed by atoms with E-state index < -0.39 is 23.5 Å². The number of alkyl halides is 6. The van der Waals surface area contributed by atoms with Crippen LogP contribution in [0.3, 0.4) is 0 Å². The second kappa shape index (κ2) is 7.90. The lowest BCUT2D eigenvalue weighted by Crippen LogP contribution is -2.05. The van der Waals surface area contributed by atoms with E-state index in [1.807, 2.05) is 48.5 Å². The van der Waals surface area contributed by atoms with Crippen LogP contribution < -0.4 is 0 Å². The molecule has 0 amide bonds. The lowest BCUT2D eigenvalue weighted by atomic mass is 9.87. The topological polar surface area (TPSA) is 0 Å². The summed E-state index contributed by atoms with van der Waals surface area (Å²) in [6.45, 7) is 0. The van der Waals surface area contributed by atoms with Crippen LogP contribution in [0.1, 0.15) is 33.4 Å². The third-order valence-corrected chi connectivity index (χ3v) is 5.93. The maximum atomic E-state index is 13.2. The van der Waals surface area contributed by atoms with Crippen molar-refractivity contribution in [3.63, 3.8) is 0 Å². The zero-order valence-electron chi connectivity index (χ0n) is 17.5. The normalized spacial score (nSPS) is 12.9. The van der Waals surface area contributed by atoms with Crippen molar-refractivity contribution < 1.29 is 26.3 Å². The van der Waals surface area contributed by atoms with Crippen LogP contribution in [0.25, 0.3) is 22.3 Å². The summed E-state index contributed by atoms with van der Waals surface area (Å²) in [6, 6.07) is 24.7. The molecule has 0 heterocycles. The fraction of sp³-hybridized carbons (Fsp3) is 0.0714. The highest BCUT2D eigenvalue weighted by Gasteiger charge is 2.32. The molecule has 0 radical (unpaired) electrons. The van der Waals surface area contributed by atoms with Crippen molar-refractivity contribution in [1.82, 2.24) is 0 Å². The molecule has 4 aromatic carbocycles. The molecule has 170 valence electrons. The van der Waals surface area contributed by atoms with Gasteiger partial charge in [0.15, 0.2) is 0 Å². The van der Waals surface area contributed by atoms with Gasteiger partial charge in [0, 0.05) is 0 Å². The van der Waals surface area contributed by atoms with Crippen LogP contribution in [-0.4, -0.2) is 0 Å². The molecule has 0 saturated heterocycles. The number of benzene rings is 4. The summed E-state index contributed by atoms with van der Waals surface area (Å²) >= 11 is 0. The van der Waals surface area contributed by atoms with Crippen molar-refractivity contribution in [2.45, 2.75) is 12.4 Å². The Balaban J connectivity index is 1.80. The first-order valence-corrected chi connectivity index (χ1v) is 10.4. The van der Waals surface area contributed by atoms with E-state index in [0.29, 0.717) is 16.7 Å². The summed E-state index contributed by atoms with van der Waals surface area (Å²) in [6.07, 6.45) is -8.99. The second-order valence-corrected chi connectivity index (χ2v) is 7.99. The first-order chi connectivity index (χ1) is 16.1. The number of hydrogen-bond acceptors (Lipinski definition) is 0. The third kappa shape index (κ3) is 3.79. The molecule has 0 aromatic heterocycles. The van der Waals surface area contributed by atoms with Gasteiger partial charge in [0.2, 0.25) is 0 Å². The van der Waals surface area contributed by atoms with Gasteiger partial charge in [0.25, 0.3) is 0 Å². The Morgan fingerprint density at radius 1 is 0.412 bits per heavy atom. The Morgan fingerprint density at radius 2 is 0.735 bits per heavy atom. The van der Waals surface area contributed by atoms with E-state index in [0.717, 1.165) is 52.1 Å². The first-order valence-electron chi connectivity index (χ1n) is 10.4. The van der Waals surface area contributed by atoms with E-state index in [1.54, 1.807) is 0 Å². The van der Waals surface area contributed by atoms with Crippen LogP contribution in [0.2, 0.25) is 0 Å². The number of rotatable bonds is 2. The summed E-state index contributed by atoms with van der Waals surface area (Å²) < 4.78 is 79.1. The summed E-state index contributed by atoms with van der Waals surface area (Å²) in [5, 5.41) is 0. The molecular formula is C28H16F6. The molecule has 0 N–H and O–H groups in total. The monoisotopic (exact) mass is 466 g/mol. The Bertz CT molecular complexity index is 1280. The van der Waals surface area contributed by atoms with E-state index in [2.05, 4.69) is 0 Å². The summed E-state index contributed by atoms with van der Waals surface area (Å²) in [5.41, 5.74) is 4.39. The summed E-state index contributed by atoms with van der Waals surface area (Å²) in [4.78, 5) is 0. The zero-order valence-corrected chi connectivity index (χ0v) is 17.5. The van der Waals surface area contributed by atoms with E-state index in [-0.39, 0.29) is 0 Å². The van der Waals surface area contributed by atoms with E-state index >= 15 is 0 Å². The molecule has 34 heavy (non-hydrogen) atoms. The zero-order chi connectivity index (χ0) is 24.1. The second-order valence-electron chi connectivity index (χ2n) is 7.99. The van der Waals surface area contributed by atoms with Crippen molar-refractivity contribution in [1.29, 1.82) is 0 Å². The third-order valence-electron chi connectivity index (χ3n) is 5.93. The lowest BCUT2D eigenvalue weighted by Gasteiger charge is -2.17. The van der Waals surface area contributed by atoms with Crippen LogP contribution in [0.5, 0.6) is 0 Å².